The highest BCUT2D eigenvalue weighted by Crippen LogP contribution is 2.12. The number of pyridine rings is 1. The number of nitrogens with one attached hydrogen (secondary N) is 1. The van der Waals surface area contributed by atoms with E-state index >= 15 is 0 Å². The molecule has 5 heteroatoms. The zero-order chi connectivity index (χ0) is 14.5. The molecule has 1 saturated heterocycles. The number of nitrogens with zero attached hydrogens (tertiary/aromatic N) is 3. The lowest BCUT2D eigenvalue weighted by atomic mass is 10.2. The van der Waals surface area contributed by atoms with Gasteiger partial charge in [-0.2, -0.15) is 0 Å². The molecule has 0 bridgehead atoms. The van der Waals surface area contributed by atoms with Gasteiger partial charge in [0, 0.05) is 50.6 Å². The second kappa shape index (κ2) is 6.70. The smallest absolute Gasteiger partial charge is 0.272 e. The first kappa shape index (κ1) is 14.8. The highest BCUT2D eigenvalue weighted by atomic mass is 16.2. The van der Waals surface area contributed by atoms with Crippen LogP contribution in [0.1, 0.15) is 31.3 Å². The summed E-state index contributed by atoms with van der Waals surface area (Å²) in [5, 5.41) is 3.21. The van der Waals surface area contributed by atoms with Gasteiger partial charge in [-0.1, -0.05) is 0 Å². The summed E-state index contributed by atoms with van der Waals surface area (Å²) >= 11 is 0. The molecule has 2 rings (SSSR count). The molecule has 1 aromatic rings. The first-order chi connectivity index (χ1) is 9.61. The van der Waals surface area contributed by atoms with Crippen molar-refractivity contribution in [2.24, 2.45) is 0 Å². The summed E-state index contributed by atoms with van der Waals surface area (Å²) in [6.07, 6.45) is 1.69. The Morgan fingerprint density at radius 1 is 1.35 bits per heavy atom. The second-order valence-electron chi connectivity index (χ2n) is 5.38. The Balaban J connectivity index is 2.00. The Kier molecular flexibility index (Phi) is 4.95. The maximum Gasteiger partial charge on any atom is 0.272 e. The predicted octanol–water partition coefficient (Wildman–Crippen LogP) is 1.68. The lowest BCUT2D eigenvalue weighted by Crippen LogP contribution is -2.50. The summed E-state index contributed by atoms with van der Waals surface area (Å²) in [4.78, 5) is 21.0. The minimum absolute atomic E-state index is 0.0353. The molecule has 1 N–H and O–H groups in total. The van der Waals surface area contributed by atoms with Gasteiger partial charge in [0.1, 0.15) is 5.69 Å². The molecular weight excluding hydrogens is 252 g/mol. The minimum atomic E-state index is 0.0353. The summed E-state index contributed by atoms with van der Waals surface area (Å²) in [6.45, 7) is 10.7. The zero-order valence-corrected chi connectivity index (χ0v) is 12.6. The van der Waals surface area contributed by atoms with Crippen LogP contribution in [0.2, 0.25) is 0 Å². The third-order valence-corrected chi connectivity index (χ3v) is 3.69. The number of carbonyl (C=O) groups is 1. The van der Waals surface area contributed by atoms with Crippen LogP contribution in [0, 0.1) is 0 Å². The summed E-state index contributed by atoms with van der Waals surface area (Å²) in [5.74, 6) is 0.0353. The number of rotatable bonds is 4. The standard InChI is InChI=1S/C15H24N4O/c1-4-16-13-5-6-17-14(11-13)15(20)19-9-7-18(8-10-19)12(2)3/h5-6,11-12H,4,7-10H2,1-3H3,(H,16,17). The number of carbonyl (C=O) groups excluding carboxylic acids is 1. The molecule has 1 aliphatic rings. The number of aromatic nitrogens is 1. The zero-order valence-electron chi connectivity index (χ0n) is 12.6. The van der Waals surface area contributed by atoms with Crippen LogP contribution < -0.4 is 5.32 Å². The number of anilines is 1. The highest BCUT2D eigenvalue weighted by Gasteiger charge is 2.24. The van der Waals surface area contributed by atoms with Gasteiger partial charge in [-0.05, 0) is 32.9 Å². The molecule has 0 spiro atoms. The van der Waals surface area contributed by atoms with Crippen LogP contribution in [0.15, 0.2) is 18.3 Å². The van der Waals surface area contributed by atoms with Crippen molar-refractivity contribution in [3.8, 4) is 0 Å². The SMILES string of the molecule is CCNc1ccnc(C(=O)N2CCN(C(C)C)CC2)c1. The summed E-state index contributed by atoms with van der Waals surface area (Å²) in [5.41, 5.74) is 1.48. The van der Waals surface area contributed by atoms with Crippen molar-refractivity contribution in [1.82, 2.24) is 14.8 Å². The molecule has 0 radical (unpaired) electrons. The fourth-order valence-corrected chi connectivity index (χ4v) is 2.46. The third-order valence-electron chi connectivity index (χ3n) is 3.69. The van der Waals surface area contributed by atoms with Crippen molar-refractivity contribution >= 4 is 11.6 Å². The van der Waals surface area contributed by atoms with E-state index in [4.69, 9.17) is 0 Å². The first-order valence-corrected chi connectivity index (χ1v) is 7.35. The molecular formula is C15H24N4O. The van der Waals surface area contributed by atoms with Crippen LogP contribution in [-0.4, -0.2) is 59.5 Å². The summed E-state index contributed by atoms with van der Waals surface area (Å²) in [6, 6.07) is 4.26. The van der Waals surface area contributed by atoms with E-state index in [1.54, 1.807) is 6.20 Å². The van der Waals surface area contributed by atoms with Crippen molar-refractivity contribution < 1.29 is 4.79 Å². The van der Waals surface area contributed by atoms with Gasteiger partial charge in [-0.25, -0.2) is 0 Å². The molecule has 0 unspecified atom stereocenters. The molecule has 20 heavy (non-hydrogen) atoms. The van der Waals surface area contributed by atoms with E-state index in [-0.39, 0.29) is 5.91 Å². The van der Waals surface area contributed by atoms with E-state index in [9.17, 15) is 4.79 Å². The topological polar surface area (TPSA) is 48.5 Å². The van der Waals surface area contributed by atoms with Crippen LogP contribution in [0.5, 0.6) is 0 Å². The number of hydrogen-bond donors (Lipinski definition) is 1. The lowest BCUT2D eigenvalue weighted by Gasteiger charge is -2.36. The van der Waals surface area contributed by atoms with Gasteiger partial charge in [0.2, 0.25) is 0 Å². The Morgan fingerprint density at radius 3 is 2.65 bits per heavy atom. The van der Waals surface area contributed by atoms with Gasteiger partial charge in [-0.3, -0.25) is 14.7 Å². The number of hydrogen-bond acceptors (Lipinski definition) is 4. The van der Waals surface area contributed by atoms with Crippen molar-refractivity contribution in [3.63, 3.8) is 0 Å². The van der Waals surface area contributed by atoms with E-state index in [0.717, 1.165) is 38.4 Å². The molecule has 0 aliphatic carbocycles. The van der Waals surface area contributed by atoms with Gasteiger partial charge < -0.3 is 10.2 Å². The van der Waals surface area contributed by atoms with Crippen molar-refractivity contribution in [1.29, 1.82) is 0 Å². The molecule has 1 fully saturated rings. The Bertz CT molecular complexity index is 453. The normalized spacial score (nSPS) is 16.5. The van der Waals surface area contributed by atoms with Crippen LogP contribution in [-0.2, 0) is 0 Å². The van der Waals surface area contributed by atoms with E-state index in [0.29, 0.717) is 11.7 Å². The summed E-state index contributed by atoms with van der Waals surface area (Å²) < 4.78 is 0. The first-order valence-electron chi connectivity index (χ1n) is 7.35. The maximum atomic E-state index is 12.4. The number of piperazine rings is 1. The van der Waals surface area contributed by atoms with E-state index < -0.39 is 0 Å². The number of amides is 1. The molecule has 0 saturated carbocycles. The van der Waals surface area contributed by atoms with Crippen LogP contribution in [0.25, 0.3) is 0 Å². The van der Waals surface area contributed by atoms with Crippen molar-refractivity contribution in [2.45, 2.75) is 26.8 Å². The molecule has 1 aromatic heterocycles. The molecule has 2 heterocycles. The van der Waals surface area contributed by atoms with Crippen LogP contribution in [0.3, 0.4) is 0 Å². The largest absolute Gasteiger partial charge is 0.385 e. The lowest BCUT2D eigenvalue weighted by molar-refractivity contribution is 0.0590. The van der Waals surface area contributed by atoms with Gasteiger partial charge >= 0.3 is 0 Å². The fourth-order valence-electron chi connectivity index (χ4n) is 2.46. The van der Waals surface area contributed by atoms with Gasteiger partial charge in [0.05, 0.1) is 0 Å². The van der Waals surface area contributed by atoms with Crippen molar-refractivity contribution in [3.05, 3.63) is 24.0 Å². The fraction of sp³-hybridized carbons (Fsp3) is 0.600. The molecule has 0 aromatic carbocycles. The Hall–Kier alpha value is -1.62. The Morgan fingerprint density at radius 2 is 2.05 bits per heavy atom. The molecule has 110 valence electrons. The third kappa shape index (κ3) is 3.48. The molecule has 5 nitrogen and oxygen atoms in total. The molecule has 1 amide bonds. The van der Waals surface area contributed by atoms with Crippen LogP contribution in [0.4, 0.5) is 5.69 Å². The average Bonchev–Trinajstić information content (AvgIpc) is 2.47. The quantitative estimate of drug-likeness (QED) is 0.909. The van der Waals surface area contributed by atoms with Gasteiger partial charge in [-0.15, -0.1) is 0 Å². The maximum absolute atomic E-state index is 12.4. The summed E-state index contributed by atoms with van der Waals surface area (Å²) in [7, 11) is 0. The van der Waals surface area contributed by atoms with E-state index in [1.165, 1.54) is 0 Å². The van der Waals surface area contributed by atoms with Crippen LogP contribution >= 0.6 is 0 Å². The Labute approximate surface area is 121 Å². The van der Waals surface area contributed by atoms with Crippen molar-refractivity contribution in [2.75, 3.05) is 38.0 Å². The van der Waals surface area contributed by atoms with Gasteiger partial charge in [0.15, 0.2) is 0 Å². The van der Waals surface area contributed by atoms with E-state index in [2.05, 4.69) is 29.0 Å². The monoisotopic (exact) mass is 276 g/mol. The second-order valence-corrected chi connectivity index (χ2v) is 5.38. The molecule has 0 atom stereocenters. The van der Waals surface area contributed by atoms with Gasteiger partial charge in [0.25, 0.3) is 5.91 Å². The van der Waals surface area contributed by atoms with E-state index in [1.807, 2.05) is 24.0 Å². The highest BCUT2D eigenvalue weighted by molar-refractivity contribution is 5.93. The molecule has 1 aliphatic heterocycles. The average molecular weight is 276 g/mol. The minimum Gasteiger partial charge on any atom is -0.385 e. The predicted molar refractivity (Wildman–Crippen MR) is 81.0 cm³/mol.